The summed E-state index contributed by atoms with van der Waals surface area (Å²) in [4.78, 5) is 26.6. The van der Waals surface area contributed by atoms with Crippen molar-refractivity contribution >= 4 is 11.9 Å². The summed E-state index contributed by atoms with van der Waals surface area (Å²) in [5, 5.41) is 11.5. The first-order valence-corrected chi connectivity index (χ1v) is 5.58. The summed E-state index contributed by atoms with van der Waals surface area (Å²) in [7, 11) is 0. The summed E-state index contributed by atoms with van der Waals surface area (Å²) >= 11 is 0. The summed E-state index contributed by atoms with van der Waals surface area (Å²) in [6.07, 6.45) is 3.05. The summed E-state index contributed by atoms with van der Waals surface area (Å²) in [6, 6.07) is 4.51. The summed E-state index contributed by atoms with van der Waals surface area (Å²) in [5.41, 5.74) is 1.42. The van der Waals surface area contributed by atoms with E-state index in [4.69, 9.17) is 9.52 Å². The molecule has 2 rings (SSSR count). The Morgan fingerprint density at radius 1 is 1.37 bits per heavy atom. The standard InChI is InChI=1S/C13H12N2O4/c1-8-10(13(17)18)2-3-11(15-8)12(16)14-6-9-4-5-19-7-9/h2-5,7H,6H2,1H3,(H,14,16)(H,17,18). The minimum atomic E-state index is -1.06. The van der Waals surface area contributed by atoms with Gasteiger partial charge in [0.05, 0.1) is 23.8 Å². The van der Waals surface area contributed by atoms with Gasteiger partial charge in [-0.3, -0.25) is 4.79 Å². The van der Waals surface area contributed by atoms with Crippen LogP contribution in [0.15, 0.2) is 35.1 Å². The van der Waals surface area contributed by atoms with E-state index in [0.717, 1.165) is 5.56 Å². The molecule has 1 amide bonds. The van der Waals surface area contributed by atoms with Gasteiger partial charge >= 0.3 is 5.97 Å². The molecule has 0 saturated heterocycles. The van der Waals surface area contributed by atoms with Crippen molar-refractivity contribution < 1.29 is 19.1 Å². The number of carbonyl (C=O) groups is 2. The molecule has 2 N–H and O–H groups in total. The Labute approximate surface area is 109 Å². The number of rotatable bonds is 4. The van der Waals surface area contributed by atoms with Crippen LogP contribution in [0, 0.1) is 6.92 Å². The molecule has 0 bridgehead atoms. The van der Waals surface area contributed by atoms with E-state index >= 15 is 0 Å². The first kappa shape index (κ1) is 12.8. The highest BCUT2D eigenvalue weighted by molar-refractivity contribution is 5.94. The quantitative estimate of drug-likeness (QED) is 0.871. The van der Waals surface area contributed by atoms with E-state index in [1.807, 2.05) is 0 Å². The molecule has 6 heteroatoms. The molecule has 2 aromatic rings. The van der Waals surface area contributed by atoms with Gasteiger partial charge in [-0.15, -0.1) is 0 Å². The second kappa shape index (κ2) is 5.34. The fourth-order valence-electron chi connectivity index (χ4n) is 1.58. The molecule has 0 fully saturated rings. The van der Waals surface area contributed by atoms with Gasteiger partial charge in [-0.25, -0.2) is 9.78 Å². The largest absolute Gasteiger partial charge is 0.478 e. The molecule has 0 saturated carbocycles. The van der Waals surface area contributed by atoms with E-state index in [9.17, 15) is 9.59 Å². The second-order valence-electron chi connectivity index (χ2n) is 3.95. The number of furan rings is 1. The van der Waals surface area contributed by atoms with Crippen LogP contribution in [0.25, 0.3) is 0 Å². The van der Waals surface area contributed by atoms with E-state index in [1.165, 1.54) is 24.7 Å². The second-order valence-corrected chi connectivity index (χ2v) is 3.95. The zero-order valence-electron chi connectivity index (χ0n) is 10.2. The molecule has 0 aliphatic rings. The van der Waals surface area contributed by atoms with Crippen molar-refractivity contribution in [3.63, 3.8) is 0 Å². The Morgan fingerprint density at radius 3 is 2.74 bits per heavy atom. The maximum Gasteiger partial charge on any atom is 0.337 e. The predicted octanol–water partition coefficient (Wildman–Crippen LogP) is 1.61. The number of aromatic nitrogens is 1. The van der Waals surface area contributed by atoms with Crippen LogP contribution in [-0.2, 0) is 6.54 Å². The third kappa shape index (κ3) is 2.98. The summed E-state index contributed by atoms with van der Waals surface area (Å²) < 4.78 is 4.88. The third-order valence-electron chi connectivity index (χ3n) is 2.58. The predicted molar refractivity (Wildman–Crippen MR) is 65.8 cm³/mol. The van der Waals surface area contributed by atoms with Crippen LogP contribution < -0.4 is 5.32 Å². The number of aromatic carboxylic acids is 1. The first-order valence-electron chi connectivity index (χ1n) is 5.58. The summed E-state index contributed by atoms with van der Waals surface area (Å²) in [5.74, 6) is -1.42. The number of pyridine rings is 1. The van der Waals surface area contributed by atoms with Gasteiger partial charge < -0.3 is 14.8 Å². The maximum absolute atomic E-state index is 11.8. The summed E-state index contributed by atoms with van der Waals surface area (Å²) in [6.45, 7) is 1.88. The van der Waals surface area contributed by atoms with Crippen molar-refractivity contribution in [2.24, 2.45) is 0 Å². The molecule has 98 valence electrons. The smallest absolute Gasteiger partial charge is 0.337 e. The highest BCUT2D eigenvalue weighted by Crippen LogP contribution is 2.07. The van der Waals surface area contributed by atoms with Crippen LogP contribution in [0.3, 0.4) is 0 Å². The minimum absolute atomic E-state index is 0.0892. The first-order chi connectivity index (χ1) is 9.08. The molecule has 0 aliphatic carbocycles. The van der Waals surface area contributed by atoms with Crippen molar-refractivity contribution in [3.05, 3.63) is 53.2 Å². The zero-order chi connectivity index (χ0) is 13.8. The van der Waals surface area contributed by atoms with Crippen molar-refractivity contribution in [1.82, 2.24) is 10.3 Å². The van der Waals surface area contributed by atoms with Gasteiger partial charge in [0.1, 0.15) is 5.69 Å². The zero-order valence-corrected chi connectivity index (χ0v) is 10.2. The average molecular weight is 260 g/mol. The third-order valence-corrected chi connectivity index (χ3v) is 2.58. The number of nitrogens with zero attached hydrogens (tertiary/aromatic N) is 1. The van der Waals surface area contributed by atoms with Crippen molar-refractivity contribution in [3.8, 4) is 0 Å². The Kier molecular flexibility index (Phi) is 3.61. The van der Waals surface area contributed by atoms with Crippen LogP contribution in [0.2, 0.25) is 0 Å². The van der Waals surface area contributed by atoms with Gasteiger partial charge in [-0.2, -0.15) is 0 Å². The fourth-order valence-corrected chi connectivity index (χ4v) is 1.58. The average Bonchev–Trinajstić information content (AvgIpc) is 2.88. The molecule has 0 spiro atoms. The molecular weight excluding hydrogens is 248 g/mol. The van der Waals surface area contributed by atoms with Crippen LogP contribution in [0.4, 0.5) is 0 Å². The molecular formula is C13H12N2O4. The lowest BCUT2D eigenvalue weighted by Gasteiger charge is -2.05. The van der Waals surface area contributed by atoms with E-state index < -0.39 is 5.97 Å². The Morgan fingerprint density at radius 2 is 2.16 bits per heavy atom. The number of aryl methyl sites for hydroxylation is 1. The Balaban J connectivity index is 2.07. The molecule has 0 unspecified atom stereocenters. The van der Waals surface area contributed by atoms with Crippen LogP contribution in [0.1, 0.15) is 32.1 Å². The number of nitrogens with one attached hydrogen (secondary N) is 1. The van der Waals surface area contributed by atoms with Gasteiger partial charge in [-0.1, -0.05) is 0 Å². The van der Waals surface area contributed by atoms with Crippen molar-refractivity contribution in [2.45, 2.75) is 13.5 Å². The Hall–Kier alpha value is -2.63. The van der Waals surface area contributed by atoms with Crippen molar-refractivity contribution in [1.29, 1.82) is 0 Å². The molecule has 0 radical (unpaired) electrons. The lowest BCUT2D eigenvalue weighted by Crippen LogP contribution is -2.24. The number of carboxylic acids is 1. The van der Waals surface area contributed by atoms with Crippen molar-refractivity contribution in [2.75, 3.05) is 0 Å². The molecule has 6 nitrogen and oxygen atoms in total. The molecule has 19 heavy (non-hydrogen) atoms. The number of carbonyl (C=O) groups excluding carboxylic acids is 1. The van der Waals surface area contributed by atoms with Crippen LogP contribution in [-0.4, -0.2) is 22.0 Å². The van der Waals surface area contributed by atoms with Crippen LogP contribution >= 0.6 is 0 Å². The van der Waals surface area contributed by atoms with Gasteiger partial charge in [0, 0.05) is 12.1 Å². The number of hydrogen-bond donors (Lipinski definition) is 2. The van der Waals surface area contributed by atoms with Gasteiger partial charge in [-0.05, 0) is 25.1 Å². The van der Waals surface area contributed by atoms with E-state index in [1.54, 1.807) is 13.0 Å². The van der Waals surface area contributed by atoms with Gasteiger partial charge in [0.2, 0.25) is 0 Å². The van der Waals surface area contributed by atoms with E-state index in [2.05, 4.69) is 10.3 Å². The van der Waals surface area contributed by atoms with E-state index in [0.29, 0.717) is 12.2 Å². The molecule has 0 aliphatic heterocycles. The highest BCUT2D eigenvalue weighted by atomic mass is 16.4. The number of amides is 1. The number of hydrogen-bond acceptors (Lipinski definition) is 4. The minimum Gasteiger partial charge on any atom is -0.478 e. The highest BCUT2D eigenvalue weighted by Gasteiger charge is 2.12. The van der Waals surface area contributed by atoms with Gasteiger partial charge in [0.25, 0.3) is 5.91 Å². The monoisotopic (exact) mass is 260 g/mol. The molecule has 2 heterocycles. The maximum atomic E-state index is 11.8. The topological polar surface area (TPSA) is 92.4 Å². The van der Waals surface area contributed by atoms with Crippen LogP contribution in [0.5, 0.6) is 0 Å². The SMILES string of the molecule is Cc1nc(C(=O)NCc2ccoc2)ccc1C(=O)O. The fraction of sp³-hybridized carbons (Fsp3) is 0.154. The normalized spacial score (nSPS) is 10.2. The Bertz CT molecular complexity index is 605. The molecule has 0 aromatic carbocycles. The number of carboxylic acid groups (broad SMARTS) is 1. The lowest BCUT2D eigenvalue weighted by molar-refractivity contribution is 0.0694. The molecule has 0 atom stereocenters. The van der Waals surface area contributed by atoms with E-state index in [-0.39, 0.29) is 17.2 Å². The molecule has 2 aromatic heterocycles. The lowest BCUT2D eigenvalue weighted by atomic mass is 10.2. The van der Waals surface area contributed by atoms with Gasteiger partial charge in [0.15, 0.2) is 0 Å².